The maximum absolute atomic E-state index is 5.92. The van der Waals surface area contributed by atoms with Crippen LogP contribution in [0.2, 0.25) is 0 Å². The summed E-state index contributed by atoms with van der Waals surface area (Å²) in [5.41, 5.74) is 9.15. The fourth-order valence-corrected chi connectivity index (χ4v) is 2.48. The van der Waals surface area contributed by atoms with Crippen molar-refractivity contribution in [3.63, 3.8) is 0 Å². The van der Waals surface area contributed by atoms with E-state index in [1.165, 1.54) is 11.1 Å². The summed E-state index contributed by atoms with van der Waals surface area (Å²) in [7, 11) is 1.68. The quantitative estimate of drug-likeness (QED) is 0.893. The molecule has 1 aromatic carbocycles. The molecule has 0 saturated heterocycles. The maximum atomic E-state index is 5.92. The number of nitrogens with two attached hydrogens (primary N) is 1. The lowest BCUT2D eigenvalue weighted by molar-refractivity contribution is 0.407. The van der Waals surface area contributed by atoms with Gasteiger partial charge < -0.3 is 14.9 Å². The number of hydrogen-bond acceptors (Lipinski definition) is 3. The Morgan fingerprint density at radius 1 is 1.32 bits per heavy atom. The number of aryl methyl sites for hydroxylation is 1. The number of ether oxygens (including phenoxy) is 1. The minimum Gasteiger partial charge on any atom is -0.493 e. The zero-order valence-corrected chi connectivity index (χ0v) is 12.2. The van der Waals surface area contributed by atoms with Gasteiger partial charge in [0, 0.05) is 10.9 Å². The number of rotatable bonds is 5. The van der Waals surface area contributed by atoms with Gasteiger partial charge in [0.05, 0.1) is 13.7 Å². The highest BCUT2D eigenvalue weighted by atomic mass is 16.5. The van der Waals surface area contributed by atoms with Gasteiger partial charge in [0.2, 0.25) is 0 Å². The molecule has 19 heavy (non-hydrogen) atoms. The average Bonchev–Trinajstić information content (AvgIpc) is 2.75. The second-order valence-electron chi connectivity index (χ2n) is 5.33. The molecule has 0 radical (unpaired) electrons. The number of furan rings is 1. The topological polar surface area (TPSA) is 48.4 Å². The zero-order valence-electron chi connectivity index (χ0n) is 12.2. The minimum atomic E-state index is 0.432. The van der Waals surface area contributed by atoms with Crippen LogP contribution in [-0.4, -0.2) is 7.11 Å². The molecule has 0 aliphatic rings. The molecule has 0 unspecified atom stereocenters. The molecule has 3 nitrogen and oxygen atoms in total. The predicted octanol–water partition coefficient (Wildman–Crippen LogP) is 3.66. The lowest BCUT2D eigenvalue weighted by atomic mass is 9.98. The highest BCUT2D eigenvalue weighted by Gasteiger charge is 2.18. The first-order chi connectivity index (χ1) is 9.10. The number of methoxy groups -OCH3 is 1. The summed E-state index contributed by atoms with van der Waals surface area (Å²) in [5, 5.41) is 1.16. The van der Waals surface area contributed by atoms with Crippen molar-refractivity contribution in [3.8, 4) is 5.75 Å². The third-order valence-electron chi connectivity index (χ3n) is 3.43. The first-order valence-electron chi connectivity index (χ1n) is 6.91. The lowest BCUT2D eigenvalue weighted by Crippen LogP contribution is -2.01. The Bertz CT molecular complexity index is 570. The summed E-state index contributed by atoms with van der Waals surface area (Å²) in [6.07, 6.45) is 1.96. The first-order valence-corrected chi connectivity index (χ1v) is 6.91. The summed E-state index contributed by atoms with van der Waals surface area (Å²) in [5.74, 6) is 2.26. The molecule has 3 heteroatoms. The molecule has 1 heterocycles. The van der Waals surface area contributed by atoms with Gasteiger partial charge in [-0.3, -0.25) is 0 Å². The van der Waals surface area contributed by atoms with Gasteiger partial charge in [-0.2, -0.15) is 0 Å². The number of hydrogen-bond donors (Lipinski definition) is 1. The fraction of sp³-hybridized carbons (Fsp3) is 0.500. The van der Waals surface area contributed by atoms with E-state index in [-0.39, 0.29) is 0 Å². The van der Waals surface area contributed by atoms with Gasteiger partial charge in [0.25, 0.3) is 0 Å². The van der Waals surface area contributed by atoms with E-state index in [2.05, 4.69) is 26.8 Å². The molecule has 0 saturated carbocycles. The monoisotopic (exact) mass is 261 g/mol. The van der Waals surface area contributed by atoms with Gasteiger partial charge in [-0.05, 0) is 36.5 Å². The van der Waals surface area contributed by atoms with Gasteiger partial charge in [-0.25, -0.2) is 0 Å². The Hall–Kier alpha value is -1.48. The number of benzene rings is 1. The summed E-state index contributed by atoms with van der Waals surface area (Å²) >= 11 is 0. The molecule has 2 rings (SSSR count). The van der Waals surface area contributed by atoms with E-state index >= 15 is 0 Å². The SMILES string of the molecule is CCc1cc(OC)c2oc(CN)c(CC(C)C)c2c1. The van der Waals surface area contributed by atoms with Crippen molar-refractivity contribution in [1.29, 1.82) is 0 Å². The highest BCUT2D eigenvalue weighted by Crippen LogP contribution is 2.35. The summed E-state index contributed by atoms with van der Waals surface area (Å²) < 4.78 is 11.4. The fourth-order valence-electron chi connectivity index (χ4n) is 2.48. The van der Waals surface area contributed by atoms with Gasteiger partial charge >= 0.3 is 0 Å². The average molecular weight is 261 g/mol. The van der Waals surface area contributed by atoms with Crippen LogP contribution in [-0.2, 0) is 19.4 Å². The molecule has 0 amide bonds. The summed E-state index contributed by atoms with van der Waals surface area (Å²) in [4.78, 5) is 0. The molecule has 0 bridgehead atoms. The van der Waals surface area contributed by atoms with Crippen LogP contribution in [0.4, 0.5) is 0 Å². The zero-order chi connectivity index (χ0) is 14.0. The molecule has 0 atom stereocenters. The van der Waals surface area contributed by atoms with Crippen LogP contribution in [0.1, 0.15) is 37.7 Å². The van der Waals surface area contributed by atoms with Crippen LogP contribution in [0.3, 0.4) is 0 Å². The van der Waals surface area contributed by atoms with Crippen LogP contribution < -0.4 is 10.5 Å². The van der Waals surface area contributed by atoms with Crippen molar-refractivity contribution in [1.82, 2.24) is 0 Å². The largest absolute Gasteiger partial charge is 0.493 e. The molecule has 0 aliphatic carbocycles. The van der Waals surface area contributed by atoms with E-state index in [4.69, 9.17) is 14.9 Å². The van der Waals surface area contributed by atoms with Crippen molar-refractivity contribution >= 4 is 11.0 Å². The minimum absolute atomic E-state index is 0.432. The van der Waals surface area contributed by atoms with Crippen molar-refractivity contribution in [2.75, 3.05) is 7.11 Å². The molecule has 0 aliphatic heterocycles. The summed E-state index contributed by atoms with van der Waals surface area (Å²) in [6.45, 7) is 6.99. The van der Waals surface area contributed by atoms with Crippen molar-refractivity contribution in [2.45, 2.75) is 40.2 Å². The van der Waals surface area contributed by atoms with Crippen LogP contribution in [0.5, 0.6) is 5.75 Å². The van der Waals surface area contributed by atoms with Crippen molar-refractivity contribution < 1.29 is 9.15 Å². The third kappa shape index (κ3) is 2.61. The molecule has 1 aromatic heterocycles. The second-order valence-corrected chi connectivity index (χ2v) is 5.33. The van der Waals surface area contributed by atoms with Crippen molar-refractivity contribution in [3.05, 3.63) is 29.0 Å². The standard InChI is InChI=1S/C16H23NO2/c1-5-11-7-13-12(6-10(2)3)15(9-17)19-16(13)14(8-11)18-4/h7-8,10H,5-6,9,17H2,1-4H3. The number of fused-ring (bicyclic) bond motifs is 1. The van der Waals surface area contributed by atoms with Gasteiger partial charge in [0.15, 0.2) is 11.3 Å². The van der Waals surface area contributed by atoms with E-state index < -0.39 is 0 Å². The molecular weight excluding hydrogens is 238 g/mol. The van der Waals surface area contributed by atoms with E-state index in [1.54, 1.807) is 7.11 Å². The molecule has 0 spiro atoms. The normalized spacial score (nSPS) is 11.5. The van der Waals surface area contributed by atoms with Crippen LogP contribution in [0.15, 0.2) is 16.5 Å². The van der Waals surface area contributed by atoms with E-state index in [0.29, 0.717) is 12.5 Å². The van der Waals surface area contributed by atoms with E-state index in [1.807, 2.05) is 6.07 Å². The lowest BCUT2D eigenvalue weighted by Gasteiger charge is -2.06. The molecule has 0 fully saturated rings. The van der Waals surface area contributed by atoms with Crippen LogP contribution in [0, 0.1) is 5.92 Å². The predicted molar refractivity (Wildman–Crippen MR) is 78.6 cm³/mol. The Kier molecular flexibility index (Phi) is 4.15. The van der Waals surface area contributed by atoms with Gasteiger partial charge in [-0.1, -0.05) is 20.8 Å². The van der Waals surface area contributed by atoms with Crippen molar-refractivity contribution in [2.24, 2.45) is 11.7 Å². The van der Waals surface area contributed by atoms with E-state index in [9.17, 15) is 0 Å². The Balaban J connectivity index is 2.69. The summed E-state index contributed by atoms with van der Waals surface area (Å²) in [6, 6.07) is 4.25. The maximum Gasteiger partial charge on any atom is 0.176 e. The van der Waals surface area contributed by atoms with Gasteiger partial charge in [-0.15, -0.1) is 0 Å². The van der Waals surface area contributed by atoms with E-state index in [0.717, 1.165) is 35.3 Å². The second kappa shape index (κ2) is 5.66. The Morgan fingerprint density at radius 3 is 2.58 bits per heavy atom. The molecule has 2 aromatic rings. The molecule has 2 N–H and O–H groups in total. The highest BCUT2D eigenvalue weighted by molar-refractivity contribution is 5.88. The van der Waals surface area contributed by atoms with Gasteiger partial charge in [0.1, 0.15) is 5.76 Å². The molecular formula is C16H23NO2. The third-order valence-corrected chi connectivity index (χ3v) is 3.43. The molecule has 104 valence electrons. The van der Waals surface area contributed by atoms with Crippen LogP contribution >= 0.6 is 0 Å². The Labute approximate surface area is 114 Å². The smallest absolute Gasteiger partial charge is 0.176 e. The van der Waals surface area contributed by atoms with Crippen LogP contribution in [0.25, 0.3) is 11.0 Å². The first kappa shape index (κ1) is 13.9. The Morgan fingerprint density at radius 2 is 2.05 bits per heavy atom.